The van der Waals surface area contributed by atoms with E-state index in [9.17, 15) is 4.79 Å². The second-order valence-corrected chi connectivity index (χ2v) is 5.53. The average molecular weight is 285 g/mol. The van der Waals surface area contributed by atoms with E-state index in [1.165, 1.54) is 0 Å². The molecule has 1 saturated heterocycles. The number of nitrogens with one attached hydrogen (secondary N) is 2. The first-order chi connectivity index (χ1) is 8.72. The van der Waals surface area contributed by atoms with Crippen LogP contribution in [0, 0.1) is 5.92 Å². The van der Waals surface area contributed by atoms with Gasteiger partial charge in [0.15, 0.2) is 0 Å². The first kappa shape index (κ1) is 14.3. The van der Waals surface area contributed by atoms with Gasteiger partial charge < -0.3 is 10.6 Å². The molecule has 1 aromatic heterocycles. The number of rotatable bonds is 3. The second kappa shape index (κ2) is 5.51. The lowest BCUT2D eigenvalue weighted by Crippen LogP contribution is -2.55. The van der Waals surface area contributed by atoms with E-state index in [2.05, 4.69) is 22.7 Å². The first-order valence-electron chi connectivity index (χ1n) is 6.74. The van der Waals surface area contributed by atoms with Crippen LogP contribution in [0.3, 0.4) is 0 Å². The first-order valence-corrected chi connectivity index (χ1v) is 6.74. The minimum Gasteiger partial charge on any atom is -0.351 e. The Morgan fingerprint density at radius 2 is 2.16 bits per heavy atom. The summed E-state index contributed by atoms with van der Waals surface area (Å²) in [7, 11) is 0. The zero-order valence-corrected chi connectivity index (χ0v) is 11.9. The number of hydrogen-bond acceptors (Lipinski definition) is 3. The maximum absolute atomic E-state index is 12.6. The summed E-state index contributed by atoms with van der Waals surface area (Å²) in [4.78, 5) is 12.6. The smallest absolute Gasteiger partial charge is 0.248 e. The molecule has 1 aliphatic heterocycles. The largest absolute Gasteiger partial charge is 0.351 e. The van der Waals surface area contributed by atoms with E-state index in [1.54, 1.807) is 6.20 Å². The van der Waals surface area contributed by atoms with Crippen LogP contribution in [-0.4, -0.2) is 34.8 Å². The van der Waals surface area contributed by atoms with Crippen molar-refractivity contribution in [2.24, 2.45) is 5.92 Å². The fourth-order valence-electron chi connectivity index (χ4n) is 2.75. The molecule has 2 atom stereocenters. The van der Waals surface area contributed by atoms with Crippen LogP contribution in [0.25, 0.3) is 0 Å². The monoisotopic (exact) mass is 284 g/mol. The van der Waals surface area contributed by atoms with Crippen LogP contribution in [0.15, 0.2) is 18.5 Å². The van der Waals surface area contributed by atoms with E-state index >= 15 is 0 Å². The normalized spacial score (nSPS) is 28.3. The summed E-state index contributed by atoms with van der Waals surface area (Å²) in [5.41, 5.74) is -0.489. The van der Waals surface area contributed by atoms with Crippen LogP contribution < -0.4 is 10.6 Å². The zero-order valence-electron chi connectivity index (χ0n) is 11.1. The van der Waals surface area contributed by atoms with Crippen molar-refractivity contribution in [1.29, 1.82) is 0 Å². The maximum Gasteiger partial charge on any atom is 0.248 e. The molecule has 0 bridgehead atoms. The highest BCUT2D eigenvalue weighted by molar-refractivity contribution is 5.85. The summed E-state index contributed by atoms with van der Waals surface area (Å²) in [5.74, 6) is 0.771. The third kappa shape index (κ3) is 2.62. The molecule has 2 aliphatic rings. The summed E-state index contributed by atoms with van der Waals surface area (Å²) in [6.45, 7) is 3.91. The van der Waals surface area contributed by atoms with Crippen LogP contribution >= 0.6 is 12.4 Å². The van der Waals surface area contributed by atoms with Gasteiger partial charge in [-0.1, -0.05) is 6.92 Å². The van der Waals surface area contributed by atoms with Crippen molar-refractivity contribution in [2.45, 2.75) is 37.8 Å². The molecule has 19 heavy (non-hydrogen) atoms. The molecule has 1 amide bonds. The molecule has 2 N–H and O–H groups in total. The van der Waals surface area contributed by atoms with Gasteiger partial charge in [-0.25, -0.2) is 0 Å². The third-order valence-electron chi connectivity index (χ3n) is 4.22. The number of hydrogen-bond donors (Lipinski definition) is 2. The number of carbonyl (C=O) groups excluding carboxylic acids is 1. The Morgan fingerprint density at radius 3 is 2.68 bits per heavy atom. The number of amides is 1. The van der Waals surface area contributed by atoms with Gasteiger partial charge in [0.25, 0.3) is 0 Å². The number of aromatic nitrogens is 2. The van der Waals surface area contributed by atoms with Gasteiger partial charge in [0, 0.05) is 18.4 Å². The molecular formula is C13H21ClN4O. The topological polar surface area (TPSA) is 59.0 Å². The highest BCUT2D eigenvalue weighted by Gasteiger charge is 2.45. The lowest BCUT2D eigenvalue weighted by atomic mass is 9.87. The summed E-state index contributed by atoms with van der Waals surface area (Å²) in [5, 5.41) is 10.8. The Bertz CT molecular complexity index is 428. The van der Waals surface area contributed by atoms with E-state index in [0.29, 0.717) is 12.0 Å². The average Bonchev–Trinajstić information content (AvgIpc) is 2.87. The summed E-state index contributed by atoms with van der Waals surface area (Å²) in [6.07, 6.45) is 6.38. The Hall–Kier alpha value is -1.07. The molecule has 2 heterocycles. The molecule has 2 fully saturated rings. The SMILES string of the molecule is CC1CC1NC(=O)C1(n2cccn2)CCNCC1.Cl. The molecule has 2 unspecified atom stereocenters. The van der Waals surface area contributed by atoms with Crippen LogP contribution in [0.4, 0.5) is 0 Å². The predicted octanol–water partition coefficient (Wildman–Crippen LogP) is 0.908. The van der Waals surface area contributed by atoms with Crippen LogP contribution in [0.1, 0.15) is 26.2 Å². The van der Waals surface area contributed by atoms with Gasteiger partial charge in [-0.3, -0.25) is 9.48 Å². The Labute approximate surface area is 119 Å². The number of piperidine rings is 1. The van der Waals surface area contributed by atoms with Crippen LogP contribution in [0.2, 0.25) is 0 Å². The Morgan fingerprint density at radius 1 is 1.47 bits per heavy atom. The molecule has 0 radical (unpaired) electrons. The van der Waals surface area contributed by atoms with Gasteiger partial charge in [-0.15, -0.1) is 12.4 Å². The van der Waals surface area contributed by atoms with E-state index < -0.39 is 5.54 Å². The Balaban J connectivity index is 0.00000133. The molecule has 3 rings (SSSR count). The van der Waals surface area contributed by atoms with Crippen molar-refractivity contribution in [1.82, 2.24) is 20.4 Å². The number of carbonyl (C=O) groups is 1. The van der Waals surface area contributed by atoms with Crippen molar-refractivity contribution in [3.05, 3.63) is 18.5 Å². The lowest BCUT2D eigenvalue weighted by molar-refractivity contribution is -0.132. The third-order valence-corrected chi connectivity index (χ3v) is 4.22. The fraction of sp³-hybridized carbons (Fsp3) is 0.692. The second-order valence-electron chi connectivity index (χ2n) is 5.53. The molecule has 5 nitrogen and oxygen atoms in total. The molecule has 0 aromatic carbocycles. The van der Waals surface area contributed by atoms with Crippen molar-refractivity contribution >= 4 is 18.3 Å². The van der Waals surface area contributed by atoms with E-state index in [1.807, 2.05) is 16.9 Å². The van der Waals surface area contributed by atoms with Crippen LogP contribution in [-0.2, 0) is 10.3 Å². The number of halogens is 1. The quantitative estimate of drug-likeness (QED) is 0.867. The van der Waals surface area contributed by atoms with Crippen LogP contribution in [0.5, 0.6) is 0 Å². The fourth-order valence-corrected chi connectivity index (χ4v) is 2.75. The van der Waals surface area contributed by atoms with E-state index in [-0.39, 0.29) is 18.3 Å². The summed E-state index contributed by atoms with van der Waals surface area (Å²) in [6, 6.07) is 2.26. The molecule has 0 spiro atoms. The Kier molecular flexibility index (Phi) is 4.16. The molecule has 6 heteroatoms. The minimum atomic E-state index is -0.489. The van der Waals surface area contributed by atoms with Gasteiger partial charge in [0.2, 0.25) is 5.91 Å². The highest BCUT2D eigenvalue weighted by Crippen LogP contribution is 2.32. The minimum absolute atomic E-state index is 0. The molecule has 1 aromatic rings. The summed E-state index contributed by atoms with van der Waals surface area (Å²) < 4.78 is 1.84. The van der Waals surface area contributed by atoms with Crippen molar-refractivity contribution in [3.8, 4) is 0 Å². The molecule has 1 aliphatic carbocycles. The van der Waals surface area contributed by atoms with E-state index in [4.69, 9.17) is 0 Å². The lowest BCUT2D eigenvalue weighted by Gasteiger charge is -2.36. The van der Waals surface area contributed by atoms with E-state index in [0.717, 1.165) is 32.4 Å². The van der Waals surface area contributed by atoms with Gasteiger partial charge in [-0.2, -0.15) is 5.10 Å². The zero-order chi connectivity index (χ0) is 12.6. The van der Waals surface area contributed by atoms with Crippen molar-refractivity contribution in [2.75, 3.05) is 13.1 Å². The van der Waals surface area contributed by atoms with Gasteiger partial charge in [0.1, 0.15) is 5.54 Å². The highest BCUT2D eigenvalue weighted by atomic mass is 35.5. The summed E-state index contributed by atoms with van der Waals surface area (Å²) >= 11 is 0. The number of nitrogens with zero attached hydrogens (tertiary/aromatic N) is 2. The van der Waals surface area contributed by atoms with Crippen molar-refractivity contribution < 1.29 is 4.79 Å². The molecule has 106 valence electrons. The molecule has 1 saturated carbocycles. The predicted molar refractivity (Wildman–Crippen MR) is 75.3 cm³/mol. The van der Waals surface area contributed by atoms with Gasteiger partial charge in [0.05, 0.1) is 0 Å². The van der Waals surface area contributed by atoms with Gasteiger partial charge >= 0.3 is 0 Å². The molecular weight excluding hydrogens is 264 g/mol. The maximum atomic E-state index is 12.6. The van der Waals surface area contributed by atoms with Crippen molar-refractivity contribution in [3.63, 3.8) is 0 Å². The standard InChI is InChI=1S/C13H20N4O.ClH/c1-10-9-11(10)16-12(18)13(3-6-14-7-4-13)17-8-2-5-15-17;/h2,5,8,10-11,14H,3-4,6-7,9H2,1H3,(H,16,18);1H. The van der Waals surface area contributed by atoms with Gasteiger partial charge in [-0.05, 0) is 44.3 Å².